The number of piperazine rings is 1. The molecule has 0 bridgehead atoms. The quantitative estimate of drug-likeness (QED) is 0.795. The Morgan fingerprint density at radius 2 is 2.15 bits per heavy atom. The highest BCUT2D eigenvalue weighted by Gasteiger charge is 2.37. The summed E-state index contributed by atoms with van der Waals surface area (Å²) in [6.07, 6.45) is 2.46. The fourth-order valence-electron chi connectivity index (χ4n) is 3.49. The van der Waals surface area contributed by atoms with E-state index in [1.807, 2.05) is 30.0 Å². The lowest BCUT2D eigenvalue weighted by Gasteiger charge is -2.42. The van der Waals surface area contributed by atoms with Crippen molar-refractivity contribution in [1.29, 1.82) is 0 Å². The van der Waals surface area contributed by atoms with Gasteiger partial charge in [0.1, 0.15) is 0 Å². The molecule has 2 aliphatic rings. The lowest BCUT2D eigenvalue weighted by Crippen LogP contribution is -2.56. The maximum absolute atomic E-state index is 12.8. The SMILES string of the molecule is Cc1cccc(C(=O)N2CC3CCCN3CC2C)c1N. The van der Waals surface area contributed by atoms with Gasteiger partial charge in [-0.3, -0.25) is 9.69 Å². The molecule has 2 heterocycles. The summed E-state index contributed by atoms with van der Waals surface area (Å²) in [6.45, 7) is 7.10. The van der Waals surface area contributed by atoms with Gasteiger partial charge in [-0.2, -0.15) is 0 Å². The second kappa shape index (κ2) is 5.09. The molecule has 4 heteroatoms. The third-order valence-corrected chi connectivity index (χ3v) is 4.75. The van der Waals surface area contributed by atoms with E-state index >= 15 is 0 Å². The lowest BCUT2D eigenvalue weighted by atomic mass is 10.0. The third-order valence-electron chi connectivity index (χ3n) is 4.75. The van der Waals surface area contributed by atoms with E-state index in [1.54, 1.807) is 0 Å². The number of nitrogens with two attached hydrogens (primary N) is 1. The molecule has 108 valence electrons. The zero-order valence-corrected chi connectivity index (χ0v) is 12.3. The van der Waals surface area contributed by atoms with E-state index in [0.717, 1.165) is 18.7 Å². The number of carbonyl (C=O) groups excluding carboxylic acids is 1. The number of nitrogens with zero attached hydrogens (tertiary/aromatic N) is 2. The van der Waals surface area contributed by atoms with Crippen LogP contribution in [0.15, 0.2) is 18.2 Å². The number of para-hydroxylation sites is 1. The predicted octanol–water partition coefficient (Wildman–Crippen LogP) is 1.89. The van der Waals surface area contributed by atoms with Crippen LogP contribution in [0.4, 0.5) is 5.69 Å². The van der Waals surface area contributed by atoms with Crippen molar-refractivity contribution in [1.82, 2.24) is 9.80 Å². The zero-order valence-electron chi connectivity index (χ0n) is 12.3. The molecule has 2 atom stereocenters. The molecule has 4 nitrogen and oxygen atoms in total. The molecule has 2 fully saturated rings. The molecule has 0 aliphatic carbocycles. The highest BCUT2D eigenvalue weighted by atomic mass is 16.2. The Kier molecular flexibility index (Phi) is 3.42. The second-order valence-electron chi connectivity index (χ2n) is 6.13. The number of anilines is 1. The Labute approximate surface area is 120 Å². The van der Waals surface area contributed by atoms with Gasteiger partial charge in [-0.25, -0.2) is 0 Å². The van der Waals surface area contributed by atoms with E-state index in [4.69, 9.17) is 5.73 Å². The van der Waals surface area contributed by atoms with Gasteiger partial charge in [0.05, 0.1) is 5.56 Å². The highest BCUT2D eigenvalue weighted by molar-refractivity contribution is 6.00. The predicted molar refractivity (Wildman–Crippen MR) is 80.7 cm³/mol. The van der Waals surface area contributed by atoms with Crippen LogP contribution in [0.2, 0.25) is 0 Å². The van der Waals surface area contributed by atoms with Gasteiger partial charge in [0.2, 0.25) is 0 Å². The number of carbonyl (C=O) groups is 1. The molecule has 0 radical (unpaired) electrons. The molecule has 0 aromatic heterocycles. The maximum atomic E-state index is 12.8. The van der Waals surface area contributed by atoms with Gasteiger partial charge in [0, 0.05) is 30.9 Å². The Hall–Kier alpha value is -1.55. The van der Waals surface area contributed by atoms with Gasteiger partial charge in [-0.1, -0.05) is 12.1 Å². The van der Waals surface area contributed by atoms with E-state index in [1.165, 1.54) is 19.4 Å². The van der Waals surface area contributed by atoms with Crippen LogP contribution in [-0.2, 0) is 0 Å². The molecule has 2 N–H and O–H groups in total. The standard InChI is InChI=1S/C16H23N3O/c1-11-5-3-7-14(15(11)17)16(20)19-10-13-6-4-8-18(13)9-12(19)2/h3,5,7,12-13H,4,6,8-10,17H2,1-2H3. The Morgan fingerprint density at radius 1 is 1.35 bits per heavy atom. The number of rotatable bonds is 1. The topological polar surface area (TPSA) is 49.6 Å². The first kappa shape index (κ1) is 13.4. The maximum Gasteiger partial charge on any atom is 0.256 e. The molecule has 0 spiro atoms. The van der Waals surface area contributed by atoms with Crippen molar-refractivity contribution in [2.24, 2.45) is 0 Å². The number of fused-ring (bicyclic) bond motifs is 1. The Balaban J connectivity index is 1.84. The summed E-state index contributed by atoms with van der Waals surface area (Å²) in [6, 6.07) is 6.51. The summed E-state index contributed by atoms with van der Waals surface area (Å²) in [4.78, 5) is 17.3. The monoisotopic (exact) mass is 273 g/mol. The highest BCUT2D eigenvalue weighted by Crippen LogP contribution is 2.27. The van der Waals surface area contributed by atoms with Gasteiger partial charge >= 0.3 is 0 Å². The molecule has 20 heavy (non-hydrogen) atoms. The zero-order chi connectivity index (χ0) is 14.3. The summed E-state index contributed by atoms with van der Waals surface area (Å²) < 4.78 is 0. The molecular weight excluding hydrogens is 250 g/mol. The summed E-state index contributed by atoms with van der Waals surface area (Å²) in [5.41, 5.74) is 8.34. The van der Waals surface area contributed by atoms with Gasteiger partial charge in [0.15, 0.2) is 0 Å². The van der Waals surface area contributed by atoms with Crippen molar-refractivity contribution in [2.45, 2.75) is 38.8 Å². The van der Waals surface area contributed by atoms with E-state index in [0.29, 0.717) is 17.3 Å². The summed E-state index contributed by atoms with van der Waals surface area (Å²) in [5.74, 6) is 0.0882. The fraction of sp³-hybridized carbons (Fsp3) is 0.562. The van der Waals surface area contributed by atoms with Crippen LogP contribution in [0.1, 0.15) is 35.7 Å². The van der Waals surface area contributed by atoms with Crippen molar-refractivity contribution in [2.75, 3.05) is 25.4 Å². The Morgan fingerprint density at radius 3 is 2.95 bits per heavy atom. The molecule has 2 saturated heterocycles. The van der Waals surface area contributed by atoms with Gasteiger partial charge in [0.25, 0.3) is 5.91 Å². The first-order valence-electron chi connectivity index (χ1n) is 7.48. The van der Waals surface area contributed by atoms with Crippen LogP contribution >= 0.6 is 0 Å². The van der Waals surface area contributed by atoms with Gasteiger partial charge in [-0.15, -0.1) is 0 Å². The van der Waals surface area contributed by atoms with Crippen LogP contribution in [0.5, 0.6) is 0 Å². The number of hydrogen-bond acceptors (Lipinski definition) is 3. The van der Waals surface area contributed by atoms with Gasteiger partial charge in [-0.05, 0) is 44.9 Å². The smallest absolute Gasteiger partial charge is 0.256 e. The van der Waals surface area contributed by atoms with Crippen LogP contribution < -0.4 is 5.73 Å². The van der Waals surface area contributed by atoms with E-state index in [-0.39, 0.29) is 11.9 Å². The van der Waals surface area contributed by atoms with Crippen molar-refractivity contribution >= 4 is 11.6 Å². The van der Waals surface area contributed by atoms with Crippen LogP contribution in [0.25, 0.3) is 0 Å². The number of aryl methyl sites for hydroxylation is 1. The van der Waals surface area contributed by atoms with E-state index in [2.05, 4.69) is 11.8 Å². The summed E-state index contributed by atoms with van der Waals surface area (Å²) in [7, 11) is 0. The van der Waals surface area contributed by atoms with Crippen LogP contribution in [-0.4, -0.2) is 47.4 Å². The van der Waals surface area contributed by atoms with E-state index < -0.39 is 0 Å². The van der Waals surface area contributed by atoms with Crippen molar-refractivity contribution < 1.29 is 4.79 Å². The minimum atomic E-state index is 0.0882. The molecule has 2 unspecified atom stereocenters. The Bertz CT molecular complexity index is 528. The molecule has 3 rings (SSSR count). The third kappa shape index (κ3) is 2.18. The van der Waals surface area contributed by atoms with Crippen molar-refractivity contribution in [3.8, 4) is 0 Å². The van der Waals surface area contributed by atoms with Crippen LogP contribution in [0, 0.1) is 6.92 Å². The average Bonchev–Trinajstić information content (AvgIpc) is 2.87. The van der Waals surface area contributed by atoms with Gasteiger partial charge < -0.3 is 10.6 Å². The molecule has 1 aromatic rings. The molecule has 0 saturated carbocycles. The molecular formula is C16H23N3O. The molecule has 1 amide bonds. The minimum absolute atomic E-state index is 0.0882. The minimum Gasteiger partial charge on any atom is -0.398 e. The average molecular weight is 273 g/mol. The number of hydrogen-bond donors (Lipinski definition) is 1. The molecule has 2 aliphatic heterocycles. The normalized spacial score (nSPS) is 26.6. The number of nitrogen functional groups attached to an aromatic ring is 1. The second-order valence-corrected chi connectivity index (χ2v) is 6.13. The first-order valence-corrected chi connectivity index (χ1v) is 7.48. The van der Waals surface area contributed by atoms with Crippen molar-refractivity contribution in [3.05, 3.63) is 29.3 Å². The lowest BCUT2D eigenvalue weighted by molar-refractivity contribution is 0.0396. The first-order chi connectivity index (χ1) is 9.58. The van der Waals surface area contributed by atoms with Crippen LogP contribution in [0.3, 0.4) is 0 Å². The largest absolute Gasteiger partial charge is 0.398 e. The fourth-order valence-corrected chi connectivity index (χ4v) is 3.49. The summed E-state index contributed by atoms with van der Waals surface area (Å²) >= 11 is 0. The number of amides is 1. The van der Waals surface area contributed by atoms with E-state index in [9.17, 15) is 4.79 Å². The van der Waals surface area contributed by atoms with Crippen molar-refractivity contribution in [3.63, 3.8) is 0 Å². The summed E-state index contributed by atoms with van der Waals surface area (Å²) in [5, 5.41) is 0. The number of benzene rings is 1. The molecule has 1 aromatic carbocycles.